The first-order valence-electron chi connectivity index (χ1n) is 19.1. The van der Waals surface area contributed by atoms with Crippen LogP contribution in [0.1, 0.15) is 35.9 Å². The van der Waals surface area contributed by atoms with E-state index in [2.05, 4.69) is 167 Å². The molecular formula is C50H34N4O. The molecule has 0 aliphatic heterocycles. The summed E-state index contributed by atoms with van der Waals surface area (Å²) in [5, 5.41) is 9.78. The quantitative estimate of drug-likeness (QED) is 0.183. The Balaban J connectivity index is 0.926. The van der Waals surface area contributed by atoms with Crippen molar-refractivity contribution in [1.29, 1.82) is 0 Å². The van der Waals surface area contributed by atoms with Crippen LogP contribution in [0.2, 0.25) is 0 Å². The van der Waals surface area contributed by atoms with E-state index in [0.717, 1.165) is 40.4 Å². The van der Waals surface area contributed by atoms with Crippen molar-refractivity contribution in [2.45, 2.75) is 24.7 Å². The van der Waals surface area contributed by atoms with Crippen LogP contribution in [-0.4, -0.2) is 19.1 Å². The number of para-hydroxylation sites is 3. The Hall–Kier alpha value is -6.98. The fourth-order valence-corrected chi connectivity index (χ4v) is 9.31. The molecule has 2 aliphatic carbocycles. The van der Waals surface area contributed by atoms with Gasteiger partial charge in [0.25, 0.3) is 0 Å². The van der Waals surface area contributed by atoms with E-state index in [1.165, 1.54) is 65.6 Å². The first-order chi connectivity index (χ1) is 27.3. The van der Waals surface area contributed by atoms with Gasteiger partial charge in [-0.3, -0.25) is 0 Å². The maximum Gasteiger partial charge on any atom is 0.246 e. The smallest absolute Gasteiger partial charge is 0.246 e. The second-order valence-corrected chi connectivity index (χ2v) is 14.9. The first-order valence-corrected chi connectivity index (χ1v) is 19.1. The Bertz CT molecular complexity index is 3400. The maximum absolute atomic E-state index is 6.31. The van der Waals surface area contributed by atoms with Crippen LogP contribution in [0, 0.1) is 0 Å². The molecule has 5 nitrogen and oxygen atoms in total. The molecule has 55 heavy (non-hydrogen) atoms. The maximum atomic E-state index is 6.31. The minimum atomic E-state index is 0.0666. The van der Waals surface area contributed by atoms with Crippen LogP contribution < -0.4 is 10.6 Å². The Kier molecular flexibility index (Phi) is 6.52. The van der Waals surface area contributed by atoms with E-state index in [1.807, 2.05) is 12.3 Å². The Morgan fingerprint density at radius 1 is 0.655 bits per heavy atom. The van der Waals surface area contributed by atoms with Gasteiger partial charge >= 0.3 is 0 Å². The van der Waals surface area contributed by atoms with Gasteiger partial charge in [0, 0.05) is 49.9 Å². The highest BCUT2D eigenvalue weighted by atomic mass is 16.3. The van der Waals surface area contributed by atoms with Gasteiger partial charge < -0.3 is 13.6 Å². The lowest BCUT2D eigenvalue weighted by atomic mass is 9.90. The number of fused-ring (bicyclic) bond motifs is 11. The van der Waals surface area contributed by atoms with E-state index in [9.17, 15) is 0 Å². The summed E-state index contributed by atoms with van der Waals surface area (Å²) in [7, 11) is 0. The van der Waals surface area contributed by atoms with E-state index in [-0.39, 0.29) is 11.8 Å². The fourth-order valence-electron chi connectivity index (χ4n) is 9.31. The molecule has 6 aromatic carbocycles. The van der Waals surface area contributed by atoms with Gasteiger partial charge in [0.15, 0.2) is 0 Å². The molecule has 260 valence electrons. The lowest BCUT2D eigenvalue weighted by Gasteiger charge is -2.20. The summed E-state index contributed by atoms with van der Waals surface area (Å²) < 4.78 is 11.2. The number of hydrogen-bond acceptors (Lipinski definition) is 3. The van der Waals surface area contributed by atoms with Crippen LogP contribution in [0.4, 0.5) is 0 Å². The summed E-state index contributed by atoms with van der Waals surface area (Å²) in [5.41, 5.74) is 10.6. The third-order valence-electron chi connectivity index (χ3n) is 11.8. The normalized spacial score (nSPS) is 16.9. The zero-order valence-electron chi connectivity index (χ0n) is 29.9. The highest BCUT2D eigenvalue weighted by Crippen LogP contribution is 2.40. The van der Waals surface area contributed by atoms with Gasteiger partial charge in [-0.2, -0.15) is 0 Å². The van der Waals surface area contributed by atoms with Crippen LogP contribution in [0.25, 0.3) is 89.2 Å². The zero-order chi connectivity index (χ0) is 36.0. The molecular weight excluding hydrogens is 673 g/mol. The Labute approximate surface area is 316 Å². The van der Waals surface area contributed by atoms with Crippen molar-refractivity contribution in [2.24, 2.45) is 0 Å². The van der Waals surface area contributed by atoms with Gasteiger partial charge in [-0.15, -0.1) is 0 Å². The van der Waals surface area contributed by atoms with E-state index >= 15 is 0 Å². The number of rotatable bonds is 4. The van der Waals surface area contributed by atoms with E-state index in [4.69, 9.17) is 14.4 Å². The van der Waals surface area contributed by atoms with Crippen LogP contribution >= 0.6 is 0 Å². The number of hydrogen-bond donors (Lipinski definition) is 0. The molecule has 0 radical (unpaired) electrons. The minimum absolute atomic E-state index is 0.0666. The average molecular weight is 707 g/mol. The van der Waals surface area contributed by atoms with Crippen LogP contribution in [0.15, 0.2) is 162 Å². The molecule has 0 fully saturated rings. The fraction of sp³-hybridized carbons (Fsp3) is 0.0800. The average Bonchev–Trinajstić information content (AvgIpc) is 3.91. The highest BCUT2D eigenvalue weighted by molar-refractivity contribution is 6.16. The van der Waals surface area contributed by atoms with Crippen molar-refractivity contribution in [2.75, 3.05) is 0 Å². The van der Waals surface area contributed by atoms with Crippen LogP contribution in [-0.2, 0) is 0 Å². The summed E-state index contributed by atoms with van der Waals surface area (Å²) in [6.45, 7) is 0. The molecule has 0 spiro atoms. The van der Waals surface area contributed by atoms with Crippen molar-refractivity contribution in [1.82, 2.24) is 19.1 Å². The number of nitrogens with zero attached hydrogens (tertiary/aromatic N) is 4. The van der Waals surface area contributed by atoms with Gasteiger partial charge in [0.2, 0.25) is 5.71 Å². The molecule has 4 heterocycles. The molecule has 12 rings (SSSR count). The van der Waals surface area contributed by atoms with Gasteiger partial charge in [-0.05, 0) is 77.7 Å². The molecule has 2 unspecified atom stereocenters. The lowest BCUT2D eigenvalue weighted by Crippen LogP contribution is -2.31. The first kappa shape index (κ1) is 30.5. The number of allylic oxidation sites excluding steroid dienone is 4. The molecule has 2 aliphatic rings. The van der Waals surface area contributed by atoms with Crippen molar-refractivity contribution in [3.05, 3.63) is 180 Å². The Morgan fingerprint density at radius 3 is 2.31 bits per heavy atom. The summed E-state index contributed by atoms with van der Waals surface area (Å²) in [5.74, 6) is 0.344. The largest absolute Gasteiger partial charge is 0.436 e. The minimum Gasteiger partial charge on any atom is -0.436 e. The van der Waals surface area contributed by atoms with Gasteiger partial charge in [0.05, 0.1) is 33.8 Å². The molecule has 0 saturated heterocycles. The monoisotopic (exact) mass is 706 g/mol. The number of benzene rings is 6. The molecule has 5 heteroatoms. The summed E-state index contributed by atoms with van der Waals surface area (Å²) in [4.78, 5) is 10.0. The molecule has 4 aromatic heterocycles. The number of aromatic nitrogens is 4. The van der Waals surface area contributed by atoms with E-state index in [1.54, 1.807) is 0 Å². The molecule has 2 atom stereocenters. The molecule has 10 aromatic rings. The van der Waals surface area contributed by atoms with Crippen molar-refractivity contribution in [3.8, 4) is 5.69 Å². The highest BCUT2D eigenvalue weighted by Gasteiger charge is 2.23. The SMILES string of the molecule is C1=CC(c2cnc3c(n2)oc2ccc4ccccc4c23)CC(n2c3ccccc3c3cc(C4C=c5c(n(-c6ccccc6)c6ccccc56)=CC4)ccc32)=C1. The summed E-state index contributed by atoms with van der Waals surface area (Å²) in [6, 6.07) is 48.0. The molecule has 0 saturated carbocycles. The van der Waals surface area contributed by atoms with Gasteiger partial charge in [-0.25, -0.2) is 9.97 Å². The predicted molar refractivity (Wildman–Crippen MR) is 226 cm³/mol. The lowest BCUT2D eigenvalue weighted by molar-refractivity contribution is 0.646. The third-order valence-corrected chi connectivity index (χ3v) is 11.8. The number of furan rings is 1. The second kappa shape index (κ2) is 11.8. The zero-order valence-corrected chi connectivity index (χ0v) is 29.9. The topological polar surface area (TPSA) is 48.8 Å². The van der Waals surface area contributed by atoms with Crippen molar-refractivity contribution < 1.29 is 4.42 Å². The molecule has 0 amide bonds. The van der Waals surface area contributed by atoms with Crippen LogP contribution in [0.3, 0.4) is 0 Å². The van der Waals surface area contributed by atoms with Gasteiger partial charge in [-0.1, -0.05) is 115 Å². The summed E-state index contributed by atoms with van der Waals surface area (Å²) in [6.07, 6.45) is 15.3. The molecule has 0 N–H and O–H groups in total. The van der Waals surface area contributed by atoms with Gasteiger partial charge in [0.1, 0.15) is 11.1 Å². The van der Waals surface area contributed by atoms with E-state index < -0.39 is 0 Å². The Morgan fingerprint density at radius 2 is 1.42 bits per heavy atom. The van der Waals surface area contributed by atoms with Crippen molar-refractivity contribution in [3.63, 3.8) is 0 Å². The van der Waals surface area contributed by atoms with Crippen molar-refractivity contribution >= 4 is 83.5 Å². The molecule has 0 bridgehead atoms. The van der Waals surface area contributed by atoms with Crippen LogP contribution in [0.5, 0.6) is 0 Å². The third kappa shape index (κ3) is 4.59. The van der Waals surface area contributed by atoms with E-state index in [0.29, 0.717) is 5.71 Å². The second-order valence-electron chi connectivity index (χ2n) is 14.9. The predicted octanol–water partition coefficient (Wildman–Crippen LogP) is 10.9. The standard InChI is InChI=1S/C50H34N4O/c1-2-13-35(14-3-1)53-43-19-8-6-17-38(43)40-28-32(21-24-45(40)53)33-22-25-46-41(29-33)39-18-7-9-20-44(39)54(46)36-15-10-12-34(27-36)42-30-51-49-48-37-16-5-4-11-31(37)23-26-47(48)55-50(49)52-42/h1-20,22-26,28-30,32,34H,21,27H2. The summed E-state index contributed by atoms with van der Waals surface area (Å²) >= 11 is 0.